The van der Waals surface area contributed by atoms with Crippen molar-refractivity contribution >= 4 is 68.4 Å². The Hall–Kier alpha value is 0.990. The summed E-state index contributed by atoms with van der Waals surface area (Å²) < 4.78 is 4.34. The van der Waals surface area contributed by atoms with Gasteiger partial charge < -0.3 is 4.57 Å². The highest BCUT2D eigenvalue weighted by Gasteiger charge is 2.02. The number of halogens is 4. The third kappa shape index (κ3) is 3.04. The average molecular weight is 429 g/mol. The Balaban J connectivity index is 2.77. The van der Waals surface area contributed by atoms with E-state index in [0.717, 1.165) is 7.40 Å². The normalized spacial score (nSPS) is 10.0. The zero-order valence-electron chi connectivity index (χ0n) is 5.77. The van der Waals surface area contributed by atoms with Crippen LogP contribution in [-0.4, -0.2) is 9.55 Å². The van der Waals surface area contributed by atoms with Gasteiger partial charge in [-0.1, -0.05) is 23.2 Å². The number of hydrogen-bond donors (Lipinski definition) is 0. The SMILES string of the molecule is ClC(Cl)=CCn1cnc(I)c1I. The van der Waals surface area contributed by atoms with Crippen LogP contribution >= 0.6 is 68.4 Å². The van der Waals surface area contributed by atoms with Crippen molar-refractivity contribution in [3.63, 3.8) is 0 Å². The van der Waals surface area contributed by atoms with E-state index in [0.29, 0.717) is 6.54 Å². The molecule has 0 bridgehead atoms. The van der Waals surface area contributed by atoms with Crippen LogP contribution in [0.3, 0.4) is 0 Å². The van der Waals surface area contributed by atoms with E-state index in [1.165, 1.54) is 0 Å². The molecule has 0 atom stereocenters. The second-order valence-electron chi connectivity index (χ2n) is 1.97. The lowest BCUT2D eigenvalue weighted by Gasteiger charge is -1.97. The van der Waals surface area contributed by atoms with Crippen molar-refractivity contribution in [2.24, 2.45) is 0 Å². The molecule has 1 aromatic heterocycles. The summed E-state index contributed by atoms with van der Waals surface area (Å²) in [5.41, 5.74) is 0. The fraction of sp³-hybridized carbons (Fsp3) is 0.167. The van der Waals surface area contributed by atoms with E-state index in [9.17, 15) is 0 Å². The molecular weight excluding hydrogens is 425 g/mol. The fourth-order valence-corrected chi connectivity index (χ4v) is 1.67. The molecule has 1 heterocycles. The Morgan fingerprint density at radius 3 is 2.67 bits per heavy atom. The van der Waals surface area contributed by atoms with Crippen molar-refractivity contribution in [3.05, 3.63) is 24.3 Å². The Morgan fingerprint density at radius 2 is 2.25 bits per heavy atom. The first-order chi connectivity index (χ1) is 5.61. The van der Waals surface area contributed by atoms with E-state index >= 15 is 0 Å². The van der Waals surface area contributed by atoms with E-state index in [2.05, 4.69) is 50.2 Å². The monoisotopic (exact) mass is 428 g/mol. The van der Waals surface area contributed by atoms with Crippen LogP contribution < -0.4 is 0 Å². The first kappa shape index (κ1) is 11.1. The molecule has 0 amide bonds. The lowest BCUT2D eigenvalue weighted by Crippen LogP contribution is -1.95. The van der Waals surface area contributed by atoms with Crippen molar-refractivity contribution in [1.82, 2.24) is 9.55 Å². The Labute approximate surface area is 108 Å². The first-order valence-electron chi connectivity index (χ1n) is 2.98. The van der Waals surface area contributed by atoms with Gasteiger partial charge in [0.2, 0.25) is 0 Å². The quantitative estimate of drug-likeness (QED) is 0.660. The lowest BCUT2D eigenvalue weighted by molar-refractivity contribution is 0.799. The van der Waals surface area contributed by atoms with Crippen LogP contribution in [0.2, 0.25) is 0 Å². The maximum Gasteiger partial charge on any atom is 0.132 e. The number of rotatable bonds is 2. The summed E-state index contributed by atoms with van der Waals surface area (Å²) in [6.07, 6.45) is 3.49. The maximum absolute atomic E-state index is 5.48. The molecule has 2 nitrogen and oxygen atoms in total. The summed E-state index contributed by atoms with van der Waals surface area (Å²) in [7, 11) is 0. The molecule has 0 aliphatic heterocycles. The minimum absolute atomic E-state index is 0.287. The van der Waals surface area contributed by atoms with Gasteiger partial charge in [0, 0.05) is 6.54 Å². The van der Waals surface area contributed by atoms with E-state index in [-0.39, 0.29) is 4.49 Å². The molecule has 6 heteroatoms. The summed E-state index contributed by atoms with van der Waals surface area (Å²) in [6.45, 7) is 0.663. The smallest absolute Gasteiger partial charge is 0.132 e. The molecule has 0 saturated carbocycles. The molecule has 0 aliphatic carbocycles. The van der Waals surface area contributed by atoms with Gasteiger partial charge in [-0.15, -0.1) is 0 Å². The number of nitrogens with zero attached hydrogens (tertiary/aromatic N) is 2. The number of hydrogen-bond acceptors (Lipinski definition) is 1. The van der Waals surface area contributed by atoms with Crippen LogP contribution in [0.1, 0.15) is 0 Å². The summed E-state index contributed by atoms with van der Waals surface area (Å²) in [4.78, 5) is 4.12. The van der Waals surface area contributed by atoms with Crippen LogP contribution in [0.4, 0.5) is 0 Å². The predicted molar refractivity (Wildman–Crippen MR) is 67.5 cm³/mol. The summed E-state index contributed by atoms with van der Waals surface area (Å²) in [5, 5.41) is 0. The van der Waals surface area contributed by atoms with Crippen LogP contribution in [0.5, 0.6) is 0 Å². The Kier molecular flexibility index (Phi) is 4.63. The third-order valence-corrected chi connectivity index (χ3v) is 4.44. The van der Waals surface area contributed by atoms with Crippen LogP contribution in [-0.2, 0) is 6.54 Å². The molecule has 1 aromatic rings. The molecular formula is C6H4Cl2I2N2. The predicted octanol–water partition coefficient (Wildman–Crippen LogP) is 3.41. The van der Waals surface area contributed by atoms with Crippen molar-refractivity contribution in [2.75, 3.05) is 0 Å². The number of imidazole rings is 1. The van der Waals surface area contributed by atoms with E-state index < -0.39 is 0 Å². The minimum Gasteiger partial charge on any atom is -0.321 e. The van der Waals surface area contributed by atoms with Gasteiger partial charge in [-0.05, 0) is 51.3 Å². The molecule has 1 rings (SSSR count). The molecule has 0 N–H and O–H groups in total. The molecule has 12 heavy (non-hydrogen) atoms. The number of allylic oxidation sites excluding steroid dienone is 1. The van der Waals surface area contributed by atoms with Gasteiger partial charge in [-0.2, -0.15) is 0 Å². The highest BCUT2D eigenvalue weighted by atomic mass is 127. The van der Waals surface area contributed by atoms with Gasteiger partial charge >= 0.3 is 0 Å². The first-order valence-corrected chi connectivity index (χ1v) is 5.90. The lowest BCUT2D eigenvalue weighted by atomic mass is 10.6. The third-order valence-electron chi connectivity index (χ3n) is 1.18. The molecule has 0 fully saturated rings. The molecule has 0 spiro atoms. The van der Waals surface area contributed by atoms with E-state index in [1.807, 2.05) is 4.57 Å². The van der Waals surface area contributed by atoms with Gasteiger partial charge in [-0.3, -0.25) is 0 Å². The van der Waals surface area contributed by atoms with Gasteiger partial charge in [0.15, 0.2) is 0 Å². The van der Waals surface area contributed by atoms with E-state index in [1.54, 1.807) is 12.4 Å². The van der Waals surface area contributed by atoms with Crippen LogP contribution in [0.15, 0.2) is 16.9 Å². The number of aromatic nitrogens is 2. The second-order valence-corrected chi connectivity index (χ2v) is 5.02. The Bertz CT molecular complexity index is 304. The molecule has 66 valence electrons. The standard InChI is InChI=1S/C6H4Cl2I2N2/c7-4(8)1-2-12-3-11-5(9)6(12)10/h1,3H,2H2. The fourth-order valence-electron chi connectivity index (χ4n) is 0.637. The highest BCUT2D eigenvalue weighted by Crippen LogP contribution is 2.14. The van der Waals surface area contributed by atoms with Crippen molar-refractivity contribution in [1.29, 1.82) is 0 Å². The molecule has 0 aliphatic rings. The molecule has 0 radical (unpaired) electrons. The minimum atomic E-state index is 0.287. The van der Waals surface area contributed by atoms with Crippen LogP contribution in [0, 0.1) is 7.40 Å². The van der Waals surface area contributed by atoms with Crippen molar-refractivity contribution in [2.45, 2.75) is 6.54 Å². The van der Waals surface area contributed by atoms with Gasteiger partial charge in [-0.25, -0.2) is 4.98 Å². The second kappa shape index (κ2) is 5.02. The average Bonchev–Trinajstić information content (AvgIpc) is 2.30. The molecule has 0 aromatic carbocycles. The topological polar surface area (TPSA) is 17.8 Å². The summed E-state index contributed by atoms with van der Waals surface area (Å²) in [6, 6.07) is 0. The van der Waals surface area contributed by atoms with Gasteiger partial charge in [0.05, 0.1) is 6.33 Å². The van der Waals surface area contributed by atoms with Gasteiger partial charge in [0.1, 0.15) is 11.9 Å². The van der Waals surface area contributed by atoms with Crippen molar-refractivity contribution in [3.8, 4) is 0 Å². The van der Waals surface area contributed by atoms with Gasteiger partial charge in [0.25, 0.3) is 0 Å². The van der Waals surface area contributed by atoms with Crippen LogP contribution in [0.25, 0.3) is 0 Å². The Morgan fingerprint density at radius 1 is 1.58 bits per heavy atom. The maximum atomic E-state index is 5.48. The summed E-state index contributed by atoms with van der Waals surface area (Å²) >= 11 is 15.4. The highest BCUT2D eigenvalue weighted by molar-refractivity contribution is 14.1. The van der Waals surface area contributed by atoms with E-state index in [4.69, 9.17) is 23.2 Å². The molecule has 0 unspecified atom stereocenters. The zero-order valence-corrected chi connectivity index (χ0v) is 11.6. The largest absolute Gasteiger partial charge is 0.321 e. The van der Waals surface area contributed by atoms with Crippen molar-refractivity contribution < 1.29 is 0 Å². The molecule has 0 saturated heterocycles. The summed E-state index contributed by atoms with van der Waals surface area (Å²) in [5.74, 6) is 0. The zero-order chi connectivity index (χ0) is 9.14.